The highest BCUT2D eigenvalue weighted by molar-refractivity contribution is 5.72. The highest BCUT2D eigenvalue weighted by atomic mass is 16.7. The molecule has 0 bridgehead atoms. The minimum absolute atomic E-state index is 0.0712. The topological polar surface area (TPSA) is 199 Å². The van der Waals surface area contributed by atoms with Crippen molar-refractivity contribution in [1.82, 2.24) is 0 Å². The predicted octanol–water partition coefficient (Wildman–Crippen LogP) is -0.186. The molecule has 4 rings (SSSR count). The second kappa shape index (κ2) is 9.08. The van der Waals surface area contributed by atoms with Crippen LogP contribution in [0.25, 0.3) is 5.76 Å². The molecule has 3 aliphatic rings. The number of rotatable bonds is 5. The van der Waals surface area contributed by atoms with Crippen molar-refractivity contribution in [2.75, 3.05) is 13.7 Å². The molecule has 8 N–H and O–H groups in total. The molecule has 12 nitrogen and oxygen atoms in total. The predicted molar refractivity (Wildman–Crippen MR) is 112 cm³/mol. The zero-order chi connectivity index (χ0) is 24.7. The Morgan fingerprint density at radius 3 is 2.38 bits per heavy atom. The number of hydrogen-bond donors (Lipinski definition) is 8. The van der Waals surface area contributed by atoms with Crippen molar-refractivity contribution < 1.29 is 59.8 Å². The first-order valence-corrected chi connectivity index (χ1v) is 10.2. The largest absolute Gasteiger partial charge is 0.508 e. The van der Waals surface area contributed by atoms with Gasteiger partial charge in [0, 0.05) is 23.3 Å². The van der Waals surface area contributed by atoms with E-state index in [4.69, 9.17) is 18.9 Å². The summed E-state index contributed by atoms with van der Waals surface area (Å²) in [7, 11) is 1.27. The molecule has 12 heteroatoms. The molecule has 1 unspecified atom stereocenters. The number of methoxy groups -OCH3 is 1. The smallest absolute Gasteiger partial charge is 0.229 e. The van der Waals surface area contributed by atoms with Gasteiger partial charge >= 0.3 is 0 Å². The molecule has 0 aromatic heterocycles. The van der Waals surface area contributed by atoms with E-state index in [1.165, 1.54) is 25.3 Å². The third kappa shape index (κ3) is 4.13. The molecule has 0 radical (unpaired) electrons. The Bertz CT molecular complexity index is 1090. The fourth-order valence-corrected chi connectivity index (χ4v) is 3.78. The van der Waals surface area contributed by atoms with Gasteiger partial charge in [-0.1, -0.05) is 0 Å². The molecule has 1 aromatic rings. The molecule has 0 spiro atoms. The van der Waals surface area contributed by atoms with Crippen LogP contribution in [0.1, 0.15) is 5.56 Å². The molecule has 184 valence electrons. The molecule has 0 amide bonds. The van der Waals surface area contributed by atoms with Crippen LogP contribution in [0.4, 0.5) is 0 Å². The maximum Gasteiger partial charge on any atom is 0.229 e. The average Bonchev–Trinajstić information content (AvgIpc) is 2.81. The van der Waals surface area contributed by atoms with Crippen molar-refractivity contribution in [3.63, 3.8) is 0 Å². The number of phenols is 2. The van der Waals surface area contributed by atoms with Gasteiger partial charge in [0.2, 0.25) is 12.0 Å². The summed E-state index contributed by atoms with van der Waals surface area (Å²) in [4.78, 5) is 0. The Kier molecular flexibility index (Phi) is 6.34. The van der Waals surface area contributed by atoms with Gasteiger partial charge in [0.1, 0.15) is 42.0 Å². The van der Waals surface area contributed by atoms with Gasteiger partial charge in [-0.2, -0.15) is 0 Å². The van der Waals surface area contributed by atoms with Gasteiger partial charge in [0.05, 0.1) is 13.7 Å². The maximum atomic E-state index is 10.4. The molecule has 2 heterocycles. The van der Waals surface area contributed by atoms with Crippen molar-refractivity contribution in [3.8, 4) is 17.2 Å². The Morgan fingerprint density at radius 2 is 1.71 bits per heavy atom. The van der Waals surface area contributed by atoms with Crippen molar-refractivity contribution in [1.29, 1.82) is 0 Å². The van der Waals surface area contributed by atoms with Crippen LogP contribution in [0.5, 0.6) is 17.2 Å². The van der Waals surface area contributed by atoms with E-state index in [-0.39, 0.29) is 39.9 Å². The maximum absolute atomic E-state index is 10.4. The van der Waals surface area contributed by atoms with Gasteiger partial charge in [-0.3, -0.25) is 0 Å². The second-order valence-corrected chi connectivity index (χ2v) is 7.81. The zero-order valence-electron chi connectivity index (χ0n) is 17.8. The van der Waals surface area contributed by atoms with E-state index >= 15 is 0 Å². The molecular formula is C22H24O12. The minimum atomic E-state index is -1.73. The summed E-state index contributed by atoms with van der Waals surface area (Å²) in [5, 5.41) is 80.1. The normalized spacial score (nSPS) is 31.0. The van der Waals surface area contributed by atoms with Gasteiger partial charge in [-0.05, 0) is 18.2 Å². The fraction of sp³-hybridized carbons (Fsp3) is 0.364. The van der Waals surface area contributed by atoms with Crippen LogP contribution in [0.3, 0.4) is 0 Å². The van der Waals surface area contributed by atoms with Gasteiger partial charge in [-0.25, -0.2) is 0 Å². The minimum Gasteiger partial charge on any atom is -0.508 e. The zero-order valence-corrected chi connectivity index (χ0v) is 17.8. The highest BCUT2D eigenvalue weighted by Crippen LogP contribution is 2.43. The number of ether oxygens (including phenoxy) is 4. The van der Waals surface area contributed by atoms with Crippen molar-refractivity contribution in [2.45, 2.75) is 36.8 Å². The van der Waals surface area contributed by atoms with Gasteiger partial charge < -0.3 is 59.8 Å². The quantitative estimate of drug-likeness (QED) is 0.259. The van der Waals surface area contributed by atoms with E-state index in [1.807, 2.05) is 0 Å². The van der Waals surface area contributed by atoms with E-state index < -0.39 is 54.9 Å². The summed E-state index contributed by atoms with van der Waals surface area (Å²) in [6, 6.07) is 2.46. The van der Waals surface area contributed by atoms with Crippen LogP contribution in [-0.4, -0.2) is 91.4 Å². The Labute approximate surface area is 192 Å². The highest BCUT2D eigenvalue weighted by Gasteiger charge is 2.45. The number of allylic oxidation sites excluding steroid dienone is 2. The third-order valence-electron chi connectivity index (χ3n) is 5.59. The molecule has 6 atom stereocenters. The first-order valence-electron chi connectivity index (χ1n) is 10.2. The molecule has 1 saturated heterocycles. The van der Waals surface area contributed by atoms with Crippen LogP contribution >= 0.6 is 0 Å². The molecule has 1 aromatic carbocycles. The van der Waals surface area contributed by atoms with E-state index in [2.05, 4.69) is 0 Å². The summed E-state index contributed by atoms with van der Waals surface area (Å²) in [6.45, 7) is -0.674. The lowest BCUT2D eigenvalue weighted by atomic mass is 9.96. The molecule has 1 fully saturated rings. The first kappa shape index (κ1) is 23.7. The molecule has 2 aliphatic heterocycles. The van der Waals surface area contributed by atoms with Crippen LogP contribution in [-0.2, 0) is 14.2 Å². The average molecular weight is 480 g/mol. The number of aliphatic hydroxyl groups is 6. The standard InChI is InChI=1S/C22H24O12/c1-31-14-3-8(2-12(26)17(14)27)21-15(6-10-11(25)4-9(24)5-13(10)32-21)33-22-20(30)19(29)18(28)16(7-23)34-22/h2-6,13,16,18-20,22-30H,7H2,1H3/t13?,16-,18-,19+,20-,22-/m1/s1. The number of phenolic OH excluding ortho intramolecular Hbond substituents is 2. The Balaban J connectivity index is 1.80. The Hall–Kier alpha value is -3.42. The van der Waals surface area contributed by atoms with Gasteiger partial charge in [0.15, 0.2) is 23.0 Å². The molecule has 34 heavy (non-hydrogen) atoms. The Morgan fingerprint density at radius 1 is 0.971 bits per heavy atom. The van der Waals surface area contributed by atoms with Gasteiger partial charge in [0.25, 0.3) is 0 Å². The van der Waals surface area contributed by atoms with Crippen LogP contribution in [0, 0.1) is 0 Å². The lowest BCUT2D eigenvalue weighted by molar-refractivity contribution is -0.290. The molecule has 0 saturated carbocycles. The van der Waals surface area contributed by atoms with Gasteiger partial charge in [-0.15, -0.1) is 0 Å². The van der Waals surface area contributed by atoms with Crippen molar-refractivity contribution in [3.05, 3.63) is 58.8 Å². The third-order valence-corrected chi connectivity index (χ3v) is 5.59. The van der Waals surface area contributed by atoms with E-state index in [9.17, 15) is 40.9 Å². The fourth-order valence-electron chi connectivity index (χ4n) is 3.78. The van der Waals surface area contributed by atoms with Crippen LogP contribution in [0.15, 0.2) is 53.2 Å². The lowest BCUT2D eigenvalue weighted by Crippen LogP contribution is -2.59. The van der Waals surface area contributed by atoms with E-state index in [0.717, 1.165) is 12.1 Å². The SMILES string of the molecule is COc1cc(C2=C(O[C@@H]3O[C@H](CO)[C@@H](O)[C@H](O)[C@H]3O)C=C3C(O)=CC(O)=CC3O2)cc(O)c1O. The number of fused-ring (bicyclic) bond motifs is 1. The van der Waals surface area contributed by atoms with E-state index in [1.54, 1.807) is 0 Å². The summed E-state index contributed by atoms with van der Waals surface area (Å²) >= 11 is 0. The summed E-state index contributed by atoms with van der Waals surface area (Å²) in [5.41, 5.74) is 0.320. The summed E-state index contributed by atoms with van der Waals surface area (Å²) in [6.07, 6.45) is -5.11. The molecule has 1 aliphatic carbocycles. The van der Waals surface area contributed by atoms with E-state index in [0.29, 0.717) is 0 Å². The van der Waals surface area contributed by atoms with Crippen LogP contribution < -0.4 is 4.74 Å². The number of benzene rings is 1. The number of aromatic hydroxyl groups is 2. The summed E-state index contributed by atoms with van der Waals surface area (Å²) in [5.74, 6) is -1.97. The second-order valence-electron chi connectivity index (χ2n) is 7.81. The summed E-state index contributed by atoms with van der Waals surface area (Å²) < 4.78 is 22.1. The first-order chi connectivity index (χ1) is 16.1. The number of hydrogen-bond acceptors (Lipinski definition) is 12. The molecular weight excluding hydrogens is 456 g/mol. The lowest BCUT2D eigenvalue weighted by Gasteiger charge is -2.40. The van der Waals surface area contributed by atoms with Crippen molar-refractivity contribution >= 4 is 5.76 Å². The monoisotopic (exact) mass is 480 g/mol. The van der Waals surface area contributed by atoms with Crippen LogP contribution in [0.2, 0.25) is 0 Å². The van der Waals surface area contributed by atoms with Crippen molar-refractivity contribution in [2.24, 2.45) is 0 Å². The number of aliphatic hydroxyl groups excluding tert-OH is 6.